The first-order chi connectivity index (χ1) is 15.4. The minimum Gasteiger partial charge on any atom is -0.459 e. The largest absolute Gasteiger partial charge is 0.459 e. The first-order valence-corrected chi connectivity index (χ1v) is 11.1. The molecule has 0 radical (unpaired) electrons. The quantitative estimate of drug-likeness (QED) is 0.602. The molecule has 0 unspecified atom stereocenters. The van der Waals surface area contributed by atoms with Crippen LogP contribution in [0.1, 0.15) is 55.3 Å². The molecule has 1 aliphatic carbocycles. The van der Waals surface area contributed by atoms with Crippen molar-refractivity contribution in [1.29, 1.82) is 5.26 Å². The number of rotatable bonds is 8. The Hall–Kier alpha value is -3.33. The van der Waals surface area contributed by atoms with Crippen molar-refractivity contribution in [3.05, 3.63) is 71.2 Å². The lowest BCUT2D eigenvalue weighted by Crippen LogP contribution is -2.37. The maximum absolute atomic E-state index is 12.6. The van der Waals surface area contributed by atoms with Gasteiger partial charge in [-0.2, -0.15) is 5.26 Å². The maximum atomic E-state index is 12.6. The monoisotopic (exact) mass is 433 g/mol. The summed E-state index contributed by atoms with van der Waals surface area (Å²) in [5.41, 5.74) is 2.78. The summed E-state index contributed by atoms with van der Waals surface area (Å²) in [5, 5.41) is 14.9. The third kappa shape index (κ3) is 6.10. The van der Waals surface area contributed by atoms with Crippen molar-refractivity contribution in [2.45, 2.75) is 40.2 Å². The summed E-state index contributed by atoms with van der Waals surface area (Å²) in [6.07, 6.45) is 5.10. The standard InChI is InChI=1S/C26H31N3O3/c1-17(2)23-12-21(13-25(30)28-15-20-8-6-19(14-27)7-9-20)18(3)11-22(23)16-29-26(31)24-5-4-10-32-24/h4-11,17,21-23H,12-13,15-16H2,1-3H3,(H,28,30)(H,29,31)/t21-,22-,23-/m0/s1. The number of nitrogens with one attached hydrogen (secondary N) is 2. The van der Waals surface area contributed by atoms with Gasteiger partial charge in [0.05, 0.1) is 17.9 Å². The van der Waals surface area contributed by atoms with Gasteiger partial charge in [-0.3, -0.25) is 9.59 Å². The van der Waals surface area contributed by atoms with Gasteiger partial charge in [0.25, 0.3) is 5.91 Å². The summed E-state index contributed by atoms with van der Waals surface area (Å²) >= 11 is 0. The molecule has 2 amide bonds. The summed E-state index contributed by atoms with van der Waals surface area (Å²) in [6, 6.07) is 12.7. The van der Waals surface area contributed by atoms with Gasteiger partial charge in [-0.05, 0) is 66.8 Å². The van der Waals surface area contributed by atoms with Crippen LogP contribution >= 0.6 is 0 Å². The fourth-order valence-corrected chi connectivity index (χ4v) is 4.41. The smallest absolute Gasteiger partial charge is 0.286 e. The van der Waals surface area contributed by atoms with Crippen molar-refractivity contribution in [3.63, 3.8) is 0 Å². The first kappa shape index (κ1) is 23.3. The molecule has 6 nitrogen and oxygen atoms in total. The summed E-state index contributed by atoms with van der Waals surface area (Å²) in [4.78, 5) is 24.8. The van der Waals surface area contributed by atoms with Gasteiger partial charge >= 0.3 is 0 Å². The molecular weight excluding hydrogens is 402 g/mol. The molecule has 3 rings (SSSR count). The number of furan rings is 1. The van der Waals surface area contributed by atoms with Gasteiger partial charge in [-0.1, -0.05) is 37.6 Å². The van der Waals surface area contributed by atoms with Crippen LogP contribution < -0.4 is 10.6 Å². The summed E-state index contributed by atoms with van der Waals surface area (Å²) in [5.74, 6) is 1.39. The number of nitriles is 1. The highest BCUT2D eigenvalue weighted by Gasteiger charge is 2.32. The van der Waals surface area contributed by atoms with Gasteiger partial charge in [0, 0.05) is 19.5 Å². The zero-order valence-corrected chi connectivity index (χ0v) is 18.9. The van der Waals surface area contributed by atoms with E-state index >= 15 is 0 Å². The second-order valence-corrected chi connectivity index (χ2v) is 8.89. The Balaban J connectivity index is 1.56. The molecule has 0 saturated heterocycles. The Labute approximate surface area is 189 Å². The van der Waals surface area contributed by atoms with E-state index in [1.807, 2.05) is 12.1 Å². The third-order valence-electron chi connectivity index (χ3n) is 6.33. The fraction of sp³-hybridized carbons (Fsp3) is 0.423. The summed E-state index contributed by atoms with van der Waals surface area (Å²) < 4.78 is 5.17. The lowest BCUT2D eigenvalue weighted by atomic mass is 9.69. The highest BCUT2D eigenvalue weighted by atomic mass is 16.3. The van der Waals surface area contributed by atoms with Crippen LogP contribution in [0.3, 0.4) is 0 Å². The Morgan fingerprint density at radius 2 is 1.94 bits per heavy atom. The average Bonchev–Trinajstić information content (AvgIpc) is 3.33. The molecular formula is C26H31N3O3. The molecule has 0 saturated carbocycles. The molecule has 2 aromatic rings. The molecule has 0 spiro atoms. The number of nitrogens with zero attached hydrogens (tertiary/aromatic N) is 1. The zero-order valence-electron chi connectivity index (χ0n) is 18.9. The Bertz CT molecular complexity index is 984. The van der Waals surface area contributed by atoms with Crippen molar-refractivity contribution in [2.75, 3.05) is 6.54 Å². The van der Waals surface area contributed by atoms with Gasteiger partial charge in [0.2, 0.25) is 5.91 Å². The minimum absolute atomic E-state index is 0.0270. The second kappa shape index (κ2) is 10.8. The Morgan fingerprint density at radius 1 is 1.19 bits per heavy atom. The number of allylic oxidation sites excluding steroid dienone is 1. The second-order valence-electron chi connectivity index (χ2n) is 8.89. The van der Waals surface area contributed by atoms with Crippen LogP contribution in [-0.2, 0) is 11.3 Å². The molecule has 32 heavy (non-hydrogen) atoms. The van der Waals surface area contributed by atoms with Gasteiger partial charge in [-0.15, -0.1) is 0 Å². The van der Waals surface area contributed by atoms with Gasteiger partial charge in [0.15, 0.2) is 5.76 Å². The van der Waals surface area contributed by atoms with Crippen molar-refractivity contribution < 1.29 is 14.0 Å². The molecule has 1 aliphatic rings. The van der Waals surface area contributed by atoms with Crippen molar-refractivity contribution in [1.82, 2.24) is 10.6 Å². The highest BCUT2D eigenvalue weighted by Crippen LogP contribution is 2.38. The molecule has 1 aromatic carbocycles. The van der Waals surface area contributed by atoms with E-state index in [2.05, 4.69) is 43.6 Å². The maximum Gasteiger partial charge on any atom is 0.286 e. The Morgan fingerprint density at radius 3 is 2.56 bits per heavy atom. The van der Waals surface area contributed by atoms with Crippen LogP contribution in [0.5, 0.6) is 0 Å². The number of carbonyl (C=O) groups excluding carboxylic acids is 2. The molecule has 3 atom stereocenters. The molecule has 0 aliphatic heterocycles. The van der Waals surface area contributed by atoms with E-state index in [0.717, 1.165) is 12.0 Å². The zero-order chi connectivity index (χ0) is 23.1. The van der Waals surface area contributed by atoms with E-state index in [4.69, 9.17) is 9.68 Å². The van der Waals surface area contributed by atoms with Crippen molar-refractivity contribution >= 4 is 11.8 Å². The van der Waals surface area contributed by atoms with E-state index in [0.29, 0.717) is 42.7 Å². The van der Waals surface area contributed by atoms with E-state index in [9.17, 15) is 9.59 Å². The summed E-state index contributed by atoms with van der Waals surface area (Å²) in [7, 11) is 0. The average molecular weight is 434 g/mol. The number of benzene rings is 1. The van der Waals surface area contributed by atoms with Gasteiger partial charge in [0.1, 0.15) is 0 Å². The SMILES string of the molecule is CC1=C[C@@H](CNC(=O)c2ccco2)[C@H](C(C)C)C[C@H]1CC(=O)NCc1ccc(C#N)cc1. The predicted octanol–water partition coefficient (Wildman–Crippen LogP) is 4.44. The number of hydrogen-bond acceptors (Lipinski definition) is 4. The number of amides is 2. The topological polar surface area (TPSA) is 95.1 Å². The third-order valence-corrected chi connectivity index (χ3v) is 6.33. The van der Waals surface area contributed by atoms with Gasteiger partial charge < -0.3 is 15.1 Å². The van der Waals surface area contributed by atoms with Gasteiger partial charge in [-0.25, -0.2) is 0 Å². The van der Waals surface area contributed by atoms with E-state index in [1.165, 1.54) is 11.8 Å². The molecule has 6 heteroatoms. The highest BCUT2D eigenvalue weighted by molar-refractivity contribution is 5.91. The first-order valence-electron chi connectivity index (χ1n) is 11.1. The van der Waals surface area contributed by atoms with Crippen molar-refractivity contribution in [2.24, 2.45) is 23.7 Å². The van der Waals surface area contributed by atoms with E-state index in [-0.39, 0.29) is 23.7 Å². The molecule has 2 N–H and O–H groups in total. The minimum atomic E-state index is -0.201. The summed E-state index contributed by atoms with van der Waals surface area (Å²) in [6.45, 7) is 7.48. The fourth-order valence-electron chi connectivity index (χ4n) is 4.41. The molecule has 1 heterocycles. The molecule has 0 bridgehead atoms. The lowest BCUT2D eigenvalue weighted by molar-refractivity contribution is -0.122. The Kier molecular flexibility index (Phi) is 7.88. The number of hydrogen-bond donors (Lipinski definition) is 2. The van der Waals surface area contributed by atoms with E-state index in [1.54, 1.807) is 24.3 Å². The van der Waals surface area contributed by atoms with Crippen LogP contribution in [0.15, 0.2) is 58.7 Å². The van der Waals surface area contributed by atoms with Crippen LogP contribution in [0.25, 0.3) is 0 Å². The van der Waals surface area contributed by atoms with Crippen LogP contribution in [0.2, 0.25) is 0 Å². The normalized spacial score (nSPS) is 20.3. The van der Waals surface area contributed by atoms with E-state index < -0.39 is 0 Å². The molecule has 168 valence electrons. The van der Waals surface area contributed by atoms with Crippen molar-refractivity contribution in [3.8, 4) is 6.07 Å². The molecule has 0 fully saturated rings. The van der Waals surface area contributed by atoms with Crippen LogP contribution in [-0.4, -0.2) is 18.4 Å². The predicted molar refractivity (Wildman–Crippen MR) is 122 cm³/mol. The lowest BCUT2D eigenvalue weighted by Gasteiger charge is -2.37. The van der Waals surface area contributed by atoms with Crippen LogP contribution in [0.4, 0.5) is 0 Å². The van der Waals surface area contributed by atoms with Crippen LogP contribution in [0, 0.1) is 35.0 Å². The molecule has 1 aromatic heterocycles. The number of carbonyl (C=O) groups is 2.